The topological polar surface area (TPSA) is 49.4 Å². The first-order chi connectivity index (χ1) is 9.51. The van der Waals surface area contributed by atoms with Crippen molar-refractivity contribution in [3.63, 3.8) is 0 Å². The van der Waals surface area contributed by atoms with Crippen LogP contribution in [0.25, 0.3) is 0 Å². The molecule has 2 amide bonds. The fraction of sp³-hybridized carbons (Fsp3) is 0.571. The fourth-order valence-corrected chi connectivity index (χ4v) is 3.52. The van der Waals surface area contributed by atoms with Crippen LogP contribution in [0.2, 0.25) is 4.34 Å². The highest BCUT2D eigenvalue weighted by atomic mass is 35.5. The highest BCUT2D eigenvalue weighted by Crippen LogP contribution is 2.25. The largest absolute Gasteiger partial charge is 0.344 e. The predicted octanol–water partition coefficient (Wildman–Crippen LogP) is 2.81. The normalized spacial score (nSPS) is 23.6. The zero-order chi connectivity index (χ0) is 14.7. The molecule has 1 fully saturated rings. The van der Waals surface area contributed by atoms with Crippen LogP contribution < -0.4 is 5.32 Å². The maximum atomic E-state index is 12.6. The lowest BCUT2D eigenvalue weighted by molar-refractivity contribution is -0.135. The summed E-state index contributed by atoms with van der Waals surface area (Å²) < 4.78 is 0.717. The third-order valence-corrected chi connectivity index (χ3v) is 4.68. The van der Waals surface area contributed by atoms with Gasteiger partial charge in [-0.2, -0.15) is 0 Å². The van der Waals surface area contributed by atoms with Gasteiger partial charge in [-0.15, -0.1) is 11.3 Å². The molecule has 1 aromatic heterocycles. The number of hydrogen-bond donors (Lipinski definition) is 1. The number of nitrogens with zero attached hydrogens (tertiary/aromatic N) is 1. The van der Waals surface area contributed by atoms with Crippen molar-refractivity contribution in [3.05, 3.63) is 21.3 Å². The molecule has 0 saturated carbocycles. The molecule has 0 radical (unpaired) electrons. The maximum absolute atomic E-state index is 12.6. The number of halogens is 1. The molecule has 0 aliphatic carbocycles. The Morgan fingerprint density at radius 2 is 2.20 bits per heavy atom. The summed E-state index contributed by atoms with van der Waals surface area (Å²) in [6.45, 7) is 4.45. The SMILES string of the molecule is CCCC1NC(=O)CC(C)N(Cc2ccc(Cl)s2)C1=O. The van der Waals surface area contributed by atoms with Gasteiger partial charge in [-0.25, -0.2) is 0 Å². The number of carbonyl (C=O) groups excluding carboxylic acids is 2. The van der Waals surface area contributed by atoms with Crippen LogP contribution in [0.3, 0.4) is 0 Å². The standard InChI is InChI=1S/C14H19ClN2O2S/c1-3-4-11-14(19)17(9(2)7-13(18)16-11)8-10-5-6-12(15)20-10/h5-6,9,11H,3-4,7-8H2,1-2H3,(H,16,18). The molecule has 1 aliphatic heterocycles. The average Bonchev–Trinajstić information content (AvgIpc) is 2.76. The molecule has 1 aliphatic rings. The van der Waals surface area contributed by atoms with Crippen LogP contribution in [0.5, 0.6) is 0 Å². The number of nitrogens with one attached hydrogen (secondary N) is 1. The smallest absolute Gasteiger partial charge is 0.245 e. The molecule has 6 heteroatoms. The Kier molecular flexibility index (Phi) is 5.05. The molecule has 110 valence electrons. The van der Waals surface area contributed by atoms with Crippen molar-refractivity contribution in [2.75, 3.05) is 0 Å². The second-order valence-electron chi connectivity index (χ2n) is 5.13. The van der Waals surface area contributed by atoms with Crippen LogP contribution in [0.1, 0.15) is 38.0 Å². The Bertz CT molecular complexity index is 503. The van der Waals surface area contributed by atoms with Crippen molar-refractivity contribution >= 4 is 34.8 Å². The Morgan fingerprint density at radius 3 is 2.80 bits per heavy atom. The van der Waals surface area contributed by atoms with Crippen LogP contribution in [-0.4, -0.2) is 28.8 Å². The first-order valence-corrected chi connectivity index (χ1v) is 8.04. The molecule has 0 spiro atoms. The molecule has 2 atom stereocenters. The van der Waals surface area contributed by atoms with E-state index < -0.39 is 6.04 Å². The number of rotatable bonds is 4. The average molecular weight is 315 g/mol. The summed E-state index contributed by atoms with van der Waals surface area (Å²) in [7, 11) is 0. The van der Waals surface area contributed by atoms with Crippen molar-refractivity contribution < 1.29 is 9.59 Å². The minimum Gasteiger partial charge on any atom is -0.344 e. The first-order valence-electron chi connectivity index (χ1n) is 6.85. The van der Waals surface area contributed by atoms with Crippen LogP contribution in [-0.2, 0) is 16.1 Å². The van der Waals surface area contributed by atoms with Gasteiger partial charge in [-0.05, 0) is 25.5 Å². The summed E-state index contributed by atoms with van der Waals surface area (Å²) in [6.07, 6.45) is 1.90. The number of thiophene rings is 1. The van der Waals surface area contributed by atoms with E-state index in [4.69, 9.17) is 11.6 Å². The zero-order valence-corrected chi connectivity index (χ0v) is 13.3. The summed E-state index contributed by atoms with van der Waals surface area (Å²) in [5.41, 5.74) is 0. The minimum absolute atomic E-state index is 0.00900. The van der Waals surface area contributed by atoms with E-state index in [1.807, 2.05) is 26.0 Å². The molecule has 0 bridgehead atoms. The zero-order valence-electron chi connectivity index (χ0n) is 11.7. The first kappa shape index (κ1) is 15.3. The molecule has 1 saturated heterocycles. The Balaban J connectivity index is 2.18. The third-order valence-electron chi connectivity index (χ3n) is 3.46. The number of hydrogen-bond acceptors (Lipinski definition) is 3. The van der Waals surface area contributed by atoms with Crippen molar-refractivity contribution in [1.29, 1.82) is 0 Å². The Hall–Kier alpha value is -1.07. The fourth-order valence-electron chi connectivity index (χ4n) is 2.43. The Morgan fingerprint density at radius 1 is 1.45 bits per heavy atom. The van der Waals surface area contributed by atoms with Gasteiger partial charge in [0.05, 0.1) is 10.9 Å². The van der Waals surface area contributed by atoms with Gasteiger partial charge in [0.1, 0.15) is 6.04 Å². The van der Waals surface area contributed by atoms with Crippen molar-refractivity contribution in [1.82, 2.24) is 10.2 Å². The summed E-state index contributed by atoms with van der Waals surface area (Å²) >= 11 is 7.41. The molecule has 0 aromatic carbocycles. The van der Waals surface area contributed by atoms with Crippen LogP contribution >= 0.6 is 22.9 Å². The lowest BCUT2D eigenvalue weighted by Crippen LogP contribution is -2.45. The van der Waals surface area contributed by atoms with Crippen LogP contribution in [0.15, 0.2) is 12.1 Å². The molecule has 1 N–H and O–H groups in total. The van der Waals surface area contributed by atoms with E-state index in [0.717, 1.165) is 11.3 Å². The number of amides is 2. The number of carbonyl (C=O) groups is 2. The van der Waals surface area contributed by atoms with Gasteiger partial charge in [-0.3, -0.25) is 9.59 Å². The molecular formula is C14H19ClN2O2S. The monoisotopic (exact) mass is 314 g/mol. The van der Waals surface area contributed by atoms with E-state index in [1.54, 1.807) is 4.90 Å². The molecule has 1 aromatic rings. The maximum Gasteiger partial charge on any atom is 0.245 e. The highest BCUT2D eigenvalue weighted by Gasteiger charge is 2.33. The van der Waals surface area contributed by atoms with Gasteiger partial charge in [0, 0.05) is 17.3 Å². The van der Waals surface area contributed by atoms with Crippen molar-refractivity contribution in [3.8, 4) is 0 Å². The van der Waals surface area contributed by atoms with E-state index in [9.17, 15) is 9.59 Å². The van der Waals surface area contributed by atoms with Gasteiger partial charge in [0.2, 0.25) is 11.8 Å². The van der Waals surface area contributed by atoms with E-state index in [-0.39, 0.29) is 17.9 Å². The molecule has 4 nitrogen and oxygen atoms in total. The lowest BCUT2D eigenvalue weighted by atomic mass is 10.1. The molecule has 2 heterocycles. The van der Waals surface area contributed by atoms with Crippen molar-refractivity contribution in [2.24, 2.45) is 0 Å². The second kappa shape index (κ2) is 6.59. The highest BCUT2D eigenvalue weighted by molar-refractivity contribution is 7.16. The Labute approximate surface area is 128 Å². The summed E-state index contributed by atoms with van der Waals surface area (Å²) in [5, 5.41) is 2.83. The molecule has 2 rings (SSSR count). The van der Waals surface area contributed by atoms with Gasteiger partial charge in [-0.1, -0.05) is 24.9 Å². The van der Waals surface area contributed by atoms with Gasteiger partial charge in [0.25, 0.3) is 0 Å². The van der Waals surface area contributed by atoms with E-state index in [2.05, 4.69) is 5.32 Å². The lowest BCUT2D eigenvalue weighted by Gasteiger charge is -2.28. The van der Waals surface area contributed by atoms with Crippen LogP contribution in [0, 0.1) is 0 Å². The second-order valence-corrected chi connectivity index (χ2v) is 6.93. The van der Waals surface area contributed by atoms with Crippen LogP contribution in [0.4, 0.5) is 0 Å². The van der Waals surface area contributed by atoms with Gasteiger partial charge in [0.15, 0.2) is 0 Å². The van der Waals surface area contributed by atoms with E-state index in [0.29, 0.717) is 23.7 Å². The van der Waals surface area contributed by atoms with Gasteiger partial charge < -0.3 is 10.2 Å². The molecule has 2 unspecified atom stereocenters. The van der Waals surface area contributed by atoms with Gasteiger partial charge >= 0.3 is 0 Å². The molecule has 20 heavy (non-hydrogen) atoms. The quantitative estimate of drug-likeness (QED) is 0.929. The summed E-state index contributed by atoms with van der Waals surface area (Å²) in [4.78, 5) is 27.2. The minimum atomic E-state index is -0.395. The molecular weight excluding hydrogens is 296 g/mol. The van der Waals surface area contributed by atoms with E-state index in [1.165, 1.54) is 11.3 Å². The summed E-state index contributed by atoms with van der Waals surface area (Å²) in [5.74, 6) is -0.0364. The third kappa shape index (κ3) is 3.52. The predicted molar refractivity (Wildman–Crippen MR) is 80.8 cm³/mol. The van der Waals surface area contributed by atoms with E-state index >= 15 is 0 Å². The summed E-state index contributed by atoms with van der Waals surface area (Å²) in [6, 6.07) is 3.28. The van der Waals surface area contributed by atoms with Crippen molar-refractivity contribution in [2.45, 2.75) is 51.7 Å².